The van der Waals surface area contributed by atoms with Crippen molar-refractivity contribution in [1.29, 1.82) is 0 Å². The van der Waals surface area contributed by atoms with Crippen LogP contribution in [0.25, 0.3) is 0 Å². The highest BCUT2D eigenvalue weighted by atomic mass is 16.7. The van der Waals surface area contributed by atoms with Crippen molar-refractivity contribution in [3.8, 4) is 17.2 Å². The molecule has 5 nitrogen and oxygen atoms in total. The number of nitrogens with one attached hydrogen (secondary N) is 1. The maximum Gasteiger partial charge on any atom is 0.258 e. The van der Waals surface area contributed by atoms with Gasteiger partial charge in [0.05, 0.1) is 0 Å². The van der Waals surface area contributed by atoms with Gasteiger partial charge < -0.3 is 19.5 Å². The largest absolute Gasteiger partial charge is 0.483 e. The Balaban J connectivity index is 1.52. The van der Waals surface area contributed by atoms with Gasteiger partial charge in [0, 0.05) is 6.54 Å². The van der Waals surface area contributed by atoms with Crippen molar-refractivity contribution in [2.24, 2.45) is 0 Å². The first-order chi connectivity index (χ1) is 12.2. The van der Waals surface area contributed by atoms with E-state index in [4.69, 9.17) is 14.2 Å². The van der Waals surface area contributed by atoms with E-state index in [1.54, 1.807) is 0 Å². The highest BCUT2D eigenvalue weighted by Crippen LogP contribution is 2.32. The highest BCUT2D eigenvalue weighted by molar-refractivity contribution is 5.77. The molecule has 0 saturated heterocycles. The Kier molecular flexibility index (Phi) is 5.43. The van der Waals surface area contributed by atoms with E-state index in [1.807, 2.05) is 42.5 Å². The van der Waals surface area contributed by atoms with Crippen LogP contribution < -0.4 is 19.5 Å². The zero-order valence-corrected chi connectivity index (χ0v) is 14.6. The molecule has 0 saturated carbocycles. The third-order valence-corrected chi connectivity index (χ3v) is 4.35. The number of carbonyl (C=O) groups is 1. The van der Waals surface area contributed by atoms with Gasteiger partial charge >= 0.3 is 0 Å². The molecule has 0 spiro atoms. The zero-order valence-electron chi connectivity index (χ0n) is 14.6. The molecule has 0 radical (unpaired) electrons. The SMILES string of the molecule is CCC(C)c1ccccc1OCC(=O)NCc1ccc2c(c1)OCO2. The lowest BCUT2D eigenvalue weighted by Crippen LogP contribution is -2.28. The second-order valence-electron chi connectivity index (χ2n) is 6.10. The topological polar surface area (TPSA) is 56.8 Å². The van der Waals surface area contributed by atoms with Gasteiger partial charge in [-0.3, -0.25) is 4.79 Å². The molecule has 132 valence electrons. The van der Waals surface area contributed by atoms with Crippen molar-refractivity contribution < 1.29 is 19.0 Å². The molecule has 1 aliphatic rings. The predicted molar refractivity (Wildman–Crippen MR) is 95.1 cm³/mol. The second-order valence-corrected chi connectivity index (χ2v) is 6.10. The van der Waals surface area contributed by atoms with Gasteiger partial charge in [-0.05, 0) is 41.7 Å². The van der Waals surface area contributed by atoms with E-state index in [0.717, 1.165) is 29.0 Å². The first-order valence-electron chi connectivity index (χ1n) is 8.54. The number of amides is 1. The summed E-state index contributed by atoms with van der Waals surface area (Å²) >= 11 is 0. The van der Waals surface area contributed by atoms with Crippen molar-refractivity contribution in [3.05, 3.63) is 53.6 Å². The number of ether oxygens (including phenoxy) is 3. The Hall–Kier alpha value is -2.69. The smallest absolute Gasteiger partial charge is 0.258 e. The number of hydrogen-bond donors (Lipinski definition) is 1. The number of hydrogen-bond acceptors (Lipinski definition) is 4. The van der Waals surface area contributed by atoms with Gasteiger partial charge in [0.15, 0.2) is 18.1 Å². The lowest BCUT2D eigenvalue weighted by atomic mass is 9.98. The predicted octanol–water partition coefficient (Wildman–Crippen LogP) is 3.62. The van der Waals surface area contributed by atoms with Crippen molar-refractivity contribution in [1.82, 2.24) is 5.32 Å². The summed E-state index contributed by atoms with van der Waals surface area (Å²) in [7, 11) is 0. The van der Waals surface area contributed by atoms with Crippen LogP contribution in [-0.4, -0.2) is 19.3 Å². The molecule has 2 aromatic carbocycles. The molecule has 1 amide bonds. The Morgan fingerprint density at radius 3 is 2.84 bits per heavy atom. The Morgan fingerprint density at radius 1 is 1.20 bits per heavy atom. The fraction of sp³-hybridized carbons (Fsp3) is 0.350. The Labute approximate surface area is 147 Å². The fourth-order valence-corrected chi connectivity index (χ4v) is 2.68. The number of rotatable bonds is 7. The van der Waals surface area contributed by atoms with E-state index in [2.05, 4.69) is 19.2 Å². The molecule has 3 rings (SSSR count). The average Bonchev–Trinajstić information content (AvgIpc) is 3.12. The van der Waals surface area contributed by atoms with E-state index >= 15 is 0 Å². The number of benzene rings is 2. The third-order valence-electron chi connectivity index (χ3n) is 4.35. The molecule has 1 heterocycles. The molecule has 1 N–H and O–H groups in total. The Bertz CT molecular complexity index is 744. The first-order valence-corrected chi connectivity index (χ1v) is 8.54. The lowest BCUT2D eigenvalue weighted by Gasteiger charge is -2.15. The molecule has 0 aliphatic carbocycles. The maximum absolute atomic E-state index is 12.1. The van der Waals surface area contributed by atoms with Crippen LogP contribution in [0, 0.1) is 0 Å². The van der Waals surface area contributed by atoms with Crippen LogP contribution in [-0.2, 0) is 11.3 Å². The molecular formula is C20H23NO4. The van der Waals surface area contributed by atoms with Crippen molar-refractivity contribution in [3.63, 3.8) is 0 Å². The monoisotopic (exact) mass is 341 g/mol. The van der Waals surface area contributed by atoms with Gasteiger partial charge in [-0.2, -0.15) is 0 Å². The molecule has 0 bridgehead atoms. The van der Waals surface area contributed by atoms with Gasteiger partial charge in [0.2, 0.25) is 6.79 Å². The summed E-state index contributed by atoms with van der Waals surface area (Å²) in [6, 6.07) is 13.5. The minimum atomic E-state index is -0.156. The summed E-state index contributed by atoms with van der Waals surface area (Å²) in [6.45, 7) is 4.96. The molecular weight excluding hydrogens is 318 g/mol. The number of para-hydroxylation sites is 1. The first kappa shape index (κ1) is 17.1. The summed E-state index contributed by atoms with van der Waals surface area (Å²) < 4.78 is 16.3. The highest BCUT2D eigenvalue weighted by Gasteiger charge is 2.14. The number of fused-ring (bicyclic) bond motifs is 1. The van der Waals surface area contributed by atoms with Crippen molar-refractivity contribution in [2.45, 2.75) is 32.7 Å². The maximum atomic E-state index is 12.1. The summed E-state index contributed by atoms with van der Waals surface area (Å²) in [5.41, 5.74) is 2.09. The quantitative estimate of drug-likeness (QED) is 0.836. The molecule has 1 aliphatic heterocycles. The summed E-state index contributed by atoms with van der Waals surface area (Å²) in [5.74, 6) is 2.46. The lowest BCUT2D eigenvalue weighted by molar-refractivity contribution is -0.123. The molecule has 2 aromatic rings. The van der Waals surface area contributed by atoms with Crippen LogP contribution in [0.1, 0.15) is 37.3 Å². The van der Waals surface area contributed by atoms with Gasteiger partial charge in [0.25, 0.3) is 5.91 Å². The minimum Gasteiger partial charge on any atom is -0.483 e. The van der Waals surface area contributed by atoms with Crippen LogP contribution in [0.3, 0.4) is 0 Å². The van der Waals surface area contributed by atoms with Crippen molar-refractivity contribution >= 4 is 5.91 Å². The molecule has 0 aromatic heterocycles. The normalized spacial score (nSPS) is 13.4. The second kappa shape index (κ2) is 7.92. The van der Waals surface area contributed by atoms with Crippen LogP contribution in [0.5, 0.6) is 17.2 Å². The number of carbonyl (C=O) groups excluding carboxylic acids is 1. The van der Waals surface area contributed by atoms with Crippen molar-refractivity contribution in [2.75, 3.05) is 13.4 Å². The minimum absolute atomic E-state index is 0.00198. The standard InChI is InChI=1S/C20H23NO4/c1-3-14(2)16-6-4-5-7-17(16)23-12-20(22)21-11-15-8-9-18-19(10-15)25-13-24-18/h4-10,14H,3,11-13H2,1-2H3,(H,21,22). The van der Waals surface area contributed by atoms with Crippen LogP contribution in [0.15, 0.2) is 42.5 Å². The summed E-state index contributed by atoms with van der Waals surface area (Å²) in [4.78, 5) is 12.1. The fourth-order valence-electron chi connectivity index (χ4n) is 2.68. The summed E-state index contributed by atoms with van der Waals surface area (Å²) in [6.07, 6.45) is 1.02. The Morgan fingerprint density at radius 2 is 2.00 bits per heavy atom. The van der Waals surface area contributed by atoms with Gasteiger partial charge in [-0.1, -0.05) is 38.1 Å². The molecule has 1 unspecified atom stereocenters. The van der Waals surface area contributed by atoms with Gasteiger partial charge in [-0.15, -0.1) is 0 Å². The van der Waals surface area contributed by atoms with Crippen LogP contribution >= 0.6 is 0 Å². The van der Waals surface area contributed by atoms with E-state index in [9.17, 15) is 4.79 Å². The van der Waals surface area contributed by atoms with E-state index in [-0.39, 0.29) is 19.3 Å². The van der Waals surface area contributed by atoms with Gasteiger partial charge in [0.1, 0.15) is 5.75 Å². The van der Waals surface area contributed by atoms with Gasteiger partial charge in [-0.25, -0.2) is 0 Å². The zero-order chi connectivity index (χ0) is 17.6. The van der Waals surface area contributed by atoms with E-state index in [0.29, 0.717) is 18.2 Å². The van der Waals surface area contributed by atoms with Crippen LogP contribution in [0.2, 0.25) is 0 Å². The molecule has 0 fully saturated rings. The molecule has 25 heavy (non-hydrogen) atoms. The molecule has 5 heteroatoms. The third kappa shape index (κ3) is 4.24. The van der Waals surface area contributed by atoms with E-state index in [1.165, 1.54) is 0 Å². The molecule has 1 atom stereocenters. The van der Waals surface area contributed by atoms with E-state index < -0.39 is 0 Å². The van der Waals surface area contributed by atoms with Crippen LogP contribution in [0.4, 0.5) is 0 Å². The average molecular weight is 341 g/mol. The summed E-state index contributed by atoms with van der Waals surface area (Å²) in [5, 5.41) is 2.86.